The lowest BCUT2D eigenvalue weighted by molar-refractivity contribution is -0.910. The normalized spacial score (nSPS) is 26.4. The summed E-state index contributed by atoms with van der Waals surface area (Å²) in [5, 5.41) is 8.89. The molecule has 0 saturated carbocycles. The Balaban J connectivity index is 0.000000310. The standard InChI is InChI=1S/C8H17N.C2H4O2/c1-3-8-6-5-7-9(8)4-2;1-2(3)4/h8H,3-7H2,1-2H3;1H3,(H,3,4). The molecule has 1 heterocycles. The lowest BCUT2D eigenvalue weighted by Gasteiger charge is -2.17. The molecule has 1 rings (SSSR count). The highest BCUT2D eigenvalue weighted by atomic mass is 16.4. The first-order valence-corrected chi connectivity index (χ1v) is 5.13. The van der Waals surface area contributed by atoms with Crippen LogP contribution >= 0.6 is 0 Å². The molecule has 0 aromatic heterocycles. The van der Waals surface area contributed by atoms with E-state index in [9.17, 15) is 0 Å². The monoisotopic (exact) mass is 187 g/mol. The number of likely N-dealkylation sites (tertiary alicyclic amines) is 1. The van der Waals surface area contributed by atoms with E-state index in [1.165, 1.54) is 32.4 Å². The van der Waals surface area contributed by atoms with Crippen LogP contribution < -0.4 is 10.0 Å². The Morgan fingerprint density at radius 2 is 2.08 bits per heavy atom. The molecule has 13 heavy (non-hydrogen) atoms. The van der Waals surface area contributed by atoms with Gasteiger partial charge in [0.15, 0.2) is 0 Å². The van der Waals surface area contributed by atoms with Gasteiger partial charge < -0.3 is 14.8 Å². The first-order valence-electron chi connectivity index (χ1n) is 5.13. The van der Waals surface area contributed by atoms with Crippen LogP contribution in [0.3, 0.4) is 0 Å². The maximum absolute atomic E-state index is 8.89. The van der Waals surface area contributed by atoms with Gasteiger partial charge in [-0.1, -0.05) is 6.92 Å². The molecule has 1 fully saturated rings. The van der Waals surface area contributed by atoms with Gasteiger partial charge in [-0.15, -0.1) is 0 Å². The number of quaternary nitrogens is 1. The first kappa shape index (κ1) is 12.4. The third kappa shape index (κ3) is 5.64. The summed E-state index contributed by atoms with van der Waals surface area (Å²) in [7, 11) is 0. The molecule has 0 bridgehead atoms. The van der Waals surface area contributed by atoms with Crippen molar-refractivity contribution in [2.45, 2.75) is 46.1 Å². The number of carbonyl (C=O) groups excluding carboxylic acids is 1. The Bertz CT molecular complexity index is 134. The van der Waals surface area contributed by atoms with Gasteiger partial charge in [-0.3, -0.25) is 0 Å². The van der Waals surface area contributed by atoms with Crippen LogP contribution in [0.15, 0.2) is 0 Å². The largest absolute Gasteiger partial charge is 0.550 e. The minimum Gasteiger partial charge on any atom is -0.550 e. The predicted molar refractivity (Wildman–Crippen MR) is 50.4 cm³/mol. The number of carboxylic acids is 1. The predicted octanol–water partition coefficient (Wildman–Crippen LogP) is -0.780. The summed E-state index contributed by atoms with van der Waals surface area (Å²) in [5.74, 6) is -1.08. The fourth-order valence-corrected chi connectivity index (χ4v) is 1.94. The first-order chi connectivity index (χ1) is 6.11. The van der Waals surface area contributed by atoms with Crippen molar-refractivity contribution in [3.05, 3.63) is 0 Å². The molecule has 1 N–H and O–H groups in total. The average Bonchev–Trinajstić information content (AvgIpc) is 2.49. The van der Waals surface area contributed by atoms with Crippen LogP contribution in [0.25, 0.3) is 0 Å². The molecule has 0 aliphatic carbocycles. The van der Waals surface area contributed by atoms with E-state index in [0.717, 1.165) is 13.0 Å². The molecule has 1 saturated heterocycles. The molecule has 1 aliphatic rings. The molecule has 0 spiro atoms. The van der Waals surface area contributed by atoms with Gasteiger partial charge >= 0.3 is 0 Å². The van der Waals surface area contributed by atoms with E-state index in [-0.39, 0.29) is 0 Å². The smallest absolute Gasteiger partial charge is 0.0874 e. The average molecular weight is 187 g/mol. The van der Waals surface area contributed by atoms with Crippen LogP contribution in [0.1, 0.15) is 40.0 Å². The SMILES string of the molecule is CC(=O)[O-].CCC1CCC[NH+]1CC. The van der Waals surface area contributed by atoms with Crippen LogP contribution in [0.2, 0.25) is 0 Å². The van der Waals surface area contributed by atoms with Crippen LogP contribution in [0, 0.1) is 0 Å². The van der Waals surface area contributed by atoms with E-state index in [1.54, 1.807) is 0 Å². The van der Waals surface area contributed by atoms with Crippen LogP contribution in [-0.2, 0) is 4.79 Å². The van der Waals surface area contributed by atoms with Crippen LogP contribution in [-0.4, -0.2) is 25.1 Å². The Morgan fingerprint density at radius 1 is 1.54 bits per heavy atom. The minimum absolute atomic E-state index is 0.972. The van der Waals surface area contributed by atoms with Crippen molar-refractivity contribution >= 4 is 5.97 Å². The zero-order valence-electron chi connectivity index (χ0n) is 8.93. The van der Waals surface area contributed by atoms with Crippen molar-refractivity contribution in [2.75, 3.05) is 13.1 Å². The summed E-state index contributed by atoms with van der Waals surface area (Å²) in [6.45, 7) is 8.34. The third-order valence-corrected chi connectivity index (χ3v) is 2.57. The summed E-state index contributed by atoms with van der Waals surface area (Å²) < 4.78 is 0. The van der Waals surface area contributed by atoms with Gasteiger partial charge in [-0.05, 0) is 20.3 Å². The second kappa shape index (κ2) is 6.89. The van der Waals surface area contributed by atoms with Crippen molar-refractivity contribution in [3.8, 4) is 0 Å². The van der Waals surface area contributed by atoms with Gasteiger partial charge in [0.25, 0.3) is 0 Å². The van der Waals surface area contributed by atoms with E-state index in [0.29, 0.717) is 0 Å². The molecule has 3 heteroatoms. The minimum atomic E-state index is -1.08. The van der Waals surface area contributed by atoms with E-state index in [2.05, 4.69) is 13.8 Å². The van der Waals surface area contributed by atoms with Crippen LogP contribution in [0.4, 0.5) is 0 Å². The van der Waals surface area contributed by atoms with Gasteiger partial charge in [-0.25, -0.2) is 0 Å². The number of hydrogen-bond donors (Lipinski definition) is 1. The summed E-state index contributed by atoms with van der Waals surface area (Å²) in [4.78, 5) is 10.7. The molecular formula is C10H21NO2. The quantitative estimate of drug-likeness (QED) is 0.616. The third-order valence-electron chi connectivity index (χ3n) is 2.57. The number of carboxylic acid groups (broad SMARTS) is 1. The number of nitrogens with one attached hydrogen (secondary N) is 1. The number of carbonyl (C=O) groups is 1. The number of rotatable bonds is 2. The molecule has 0 radical (unpaired) electrons. The van der Waals surface area contributed by atoms with Crippen molar-refractivity contribution in [1.82, 2.24) is 0 Å². The van der Waals surface area contributed by atoms with E-state index < -0.39 is 5.97 Å². The zero-order chi connectivity index (χ0) is 10.3. The van der Waals surface area contributed by atoms with Crippen molar-refractivity contribution in [2.24, 2.45) is 0 Å². The van der Waals surface area contributed by atoms with Crippen molar-refractivity contribution < 1.29 is 14.8 Å². The molecule has 2 unspecified atom stereocenters. The van der Waals surface area contributed by atoms with Crippen molar-refractivity contribution in [1.29, 1.82) is 0 Å². The summed E-state index contributed by atoms with van der Waals surface area (Å²) in [5.41, 5.74) is 0. The summed E-state index contributed by atoms with van der Waals surface area (Å²) in [6, 6.07) is 0.995. The molecule has 1 aliphatic heterocycles. The maximum atomic E-state index is 8.89. The zero-order valence-corrected chi connectivity index (χ0v) is 8.93. The Morgan fingerprint density at radius 3 is 2.38 bits per heavy atom. The second-order valence-corrected chi connectivity index (χ2v) is 3.50. The van der Waals surface area contributed by atoms with Gasteiger partial charge in [-0.2, -0.15) is 0 Å². The molecule has 2 atom stereocenters. The van der Waals surface area contributed by atoms with E-state index in [4.69, 9.17) is 9.90 Å². The lowest BCUT2D eigenvalue weighted by atomic mass is 10.2. The Hall–Kier alpha value is -0.570. The highest BCUT2D eigenvalue weighted by molar-refractivity contribution is 5.60. The highest BCUT2D eigenvalue weighted by Gasteiger charge is 2.24. The number of hydrogen-bond acceptors (Lipinski definition) is 2. The Kier molecular flexibility index (Phi) is 6.59. The van der Waals surface area contributed by atoms with Gasteiger partial charge in [0.2, 0.25) is 0 Å². The van der Waals surface area contributed by atoms with Gasteiger partial charge in [0.05, 0.1) is 19.1 Å². The molecule has 78 valence electrons. The van der Waals surface area contributed by atoms with Gasteiger partial charge in [0, 0.05) is 18.8 Å². The van der Waals surface area contributed by atoms with E-state index >= 15 is 0 Å². The van der Waals surface area contributed by atoms with Gasteiger partial charge in [0.1, 0.15) is 0 Å². The second-order valence-electron chi connectivity index (χ2n) is 3.50. The topological polar surface area (TPSA) is 44.6 Å². The number of aliphatic carboxylic acids is 1. The lowest BCUT2D eigenvalue weighted by Crippen LogP contribution is -3.13. The van der Waals surface area contributed by atoms with E-state index in [1.807, 2.05) is 4.90 Å². The Labute approximate surface area is 80.7 Å². The summed E-state index contributed by atoms with van der Waals surface area (Å²) >= 11 is 0. The fourth-order valence-electron chi connectivity index (χ4n) is 1.94. The van der Waals surface area contributed by atoms with Crippen LogP contribution in [0.5, 0.6) is 0 Å². The maximum Gasteiger partial charge on any atom is 0.0874 e. The molecule has 3 nitrogen and oxygen atoms in total. The summed E-state index contributed by atoms with van der Waals surface area (Å²) in [6.07, 6.45) is 4.31. The molecule has 0 aromatic rings. The van der Waals surface area contributed by atoms with Crippen molar-refractivity contribution in [3.63, 3.8) is 0 Å². The fraction of sp³-hybridized carbons (Fsp3) is 0.900. The molecular weight excluding hydrogens is 166 g/mol. The highest BCUT2D eigenvalue weighted by Crippen LogP contribution is 2.02. The molecule has 0 aromatic carbocycles. The molecule has 0 amide bonds.